The van der Waals surface area contributed by atoms with E-state index in [1.54, 1.807) is 10.8 Å². The van der Waals surface area contributed by atoms with Crippen LogP contribution in [0.2, 0.25) is 0 Å². The third-order valence-corrected chi connectivity index (χ3v) is 17.0. The predicted octanol–water partition coefficient (Wildman–Crippen LogP) is 12.6. The number of nitrogens with one attached hydrogen (secondary N) is 3. The third kappa shape index (κ3) is 17.6. The average Bonchev–Trinajstić information content (AvgIpc) is 1.63. The predicted molar refractivity (Wildman–Crippen MR) is 352 cm³/mol. The number of nitrogens with two attached hydrogens (primary N) is 2. The summed E-state index contributed by atoms with van der Waals surface area (Å²) in [5, 5.41) is 12.3. The average molecular weight is 1300 g/mol. The van der Waals surface area contributed by atoms with E-state index in [1.165, 1.54) is 29.8 Å². The molecule has 22 heteroatoms. The van der Waals surface area contributed by atoms with Gasteiger partial charge in [-0.15, -0.1) is 35.1 Å². The molecule has 0 bridgehead atoms. The van der Waals surface area contributed by atoms with Gasteiger partial charge in [-0.1, -0.05) is 182 Å². The Morgan fingerprint density at radius 3 is 1.39 bits per heavy atom. The molecule has 90 heavy (non-hydrogen) atoms. The van der Waals surface area contributed by atoms with Crippen molar-refractivity contribution in [3.05, 3.63) is 252 Å². The largest absolute Gasteiger partial charge is 0.465 e. The number of fused-ring (bicyclic) bond motifs is 1. The first kappa shape index (κ1) is 68.2. The molecule has 6 aromatic carbocycles. The van der Waals surface area contributed by atoms with Crippen molar-refractivity contribution >= 4 is 86.9 Å². The van der Waals surface area contributed by atoms with E-state index in [2.05, 4.69) is 32.6 Å². The molecule has 3 aromatic heterocycles. The number of H-pyrrole nitrogens is 1. The third-order valence-electron chi connectivity index (χ3n) is 15.0. The minimum absolute atomic E-state index is 0. The molecule has 1 amide bonds. The van der Waals surface area contributed by atoms with Crippen LogP contribution in [0.1, 0.15) is 79.5 Å². The van der Waals surface area contributed by atoms with Gasteiger partial charge in [0.2, 0.25) is 12.4 Å². The number of esters is 1. The number of carbonyl (C=O) groups is 2. The van der Waals surface area contributed by atoms with Crippen LogP contribution < -0.4 is 22.3 Å². The molecule has 0 radical (unpaired) electrons. The van der Waals surface area contributed by atoms with Crippen LogP contribution in [0.5, 0.6) is 0 Å². The molecule has 9 aromatic rings. The van der Waals surface area contributed by atoms with Crippen LogP contribution in [0.15, 0.2) is 198 Å². The van der Waals surface area contributed by atoms with Crippen LogP contribution in [0.3, 0.4) is 0 Å². The van der Waals surface area contributed by atoms with Crippen molar-refractivity contribution < 1.29 is 52.2 Å². The van der Waals surface area contributed by atoms with E-state index in [0.717, 1.165) is 38.3 Å². The van der Waals surface area contributed by atoms with Crippen molar-refractivity contribution in [2.75, 3.05) is 31.4 Å². The van der Waals surface area contributed by atoms with E-state index in [-0.39, 0.29) is 48.0 Å². The summed E-state index contributed by atoms with van der Waals surface area (Å²) < 4.78 is 57.6. The number of methoxy groups -OCH3 is 1. The molecule has 8 atom stereocenters. The SMILES string of the molecule is COC(=O)c1csc(C2O[C@H](COCc3ccccc3)[C@@H](OCc3ccccc3)[C@@]2(C)OCc2ccccc2)c1NC=O.C[C@@]1(OCc2ccccc2)[C@H](OCc2ccccc2)[C@@H](COCc2ccccc2)O[C@H]1c1scc2c(=O)[nH]c(N)nc12.Cl.N=C(N)Cl. The molecule has 5 heterocycles. The zero-order valence-electron chi connectivity index (χ0n) is 49.8. The Kier molecular flexibility index (Phi) is 25.3. The molecule has 2 fully saturated rings. The number of ether oxygens (including phenoxy) is 9. The van der Waals surface area contributed by atoms with E-state index in [0.29, 0.717) is 67.5 Å². The zero-order valence-corrected chi connectivity index (χ0v) is 53.0. The quantitative estimate of drug-likeness (QED) is 0.0117. The van der Waals surface area contributed by atoms with Gasteiger partial charge in [-0.3, -0.25) is 20.0 Å². The standard InChI is InChI=1S/C34H35NO7S.C33H33N3O5S.CH3ClN2.ClH/c1-34(41-20-26-16-10-5-11-17-26)31(40-19-25-14-8-4-9-15-25)28(21-39-18-24-12-6-3-7-13-24)42-32(34)30-29(35-23-36)27(22-43-30)33(37)38-2;1-33(40-19-24-15-9-4-10-16-24)29(39-18-23-13-7-3-8-14-23)26(20-38-17-22-11-5-2-6-12-22)41-30(33)28-27-25(21-42-28)31(37)36-32(34)35-27;2-1(3)4;/h3-17,22-23,28,31-32H,18-21H2,1-2H3,(H,35,36);2-16,21,26,29-30H,17-20H2,1H3,(H3,34,35,36,37);(H3,3,4);1H/t28-,31-,32?,34-;26-,29-,30+,33-;;/m11../s1. The fraction of sp³-hybridized carbons (Fsp3) is 0.279. The minimum Gasteiger partial charge on any atom is -0.465 e. The maximum absolute atomic E-state index is 12.7. The van der Waals surface area contributed by atoms with Gasteiger partial charge in [0.1, 0.15) is 47.8 Å². The Labute approximate surface area is 541 Å². The van der Waals surface area contributed by atoms with Crippen molar-refractivity contribution in [2.24, 2.45) is 5.73 Å². The van der Waals surface area contributed by atoms with Crippen molar-refractivity contribution in [3.8, 4) is 0 Å². The zero-order chi connectivity index (χ0) is 62.6. The van der Waals surface area contributed by atoms with Crippen molar-refractivity contribution in [2.45, 2.75) is 101 Å². The maximum Gasteiger partial charge on any atom is 0.340 e. The van der Waals surface area contributed by atoms with Gasteiger partial charge in [0.15, 0.2) is 5.29 Å². The highest BCUT2D eigenvalue weighted by molar-refractivity contribution is 7.11. The van der Waals surface area contributed by atoms with Gasteiger partial charge < -0.3 is 59.4 Å². The Hall–Kier alpha value is -7.67. The van der Waals surface area contributed by atoms with Gasteiger partial charge in [0, 0.05) is 10.8 Å². The fourth-order valence-electron chi connectivity index (χ4n) is 10.6. The van der Waals surface area contributed by atoms with Crippen molar-refractivity contribution in [3.63, 3.8) is 0 Å². The van der Waals surface area contributed by atoms with Crippen LogP contribution in [0.4, 0.5) is 11.6 Å². The number of thiophene rings is 2. The van der Waals surface area contributed by atoms with Gasteiger partial charge in [-0.2, -0.15) is 0 Å². The highest BCUT2D eigenvalue weighted by Crippen LogP contribution is 2.52. The summed E-state index contributed by atoms with van der Waals surface area (Å²) in [5.74, 6) is -0.506. The van der Waals surface area contributed by atoms with Gasteiger partial charge in [-0.05, 0) is 58.8 Å². The van der Waals surface area contributed by atoms with Gasteiger partial charge in [0.25, 0.3) is 5.56 Å². The number of aromatic nitrogens is 2. The van der Waals surface area contributed by atoms with Crippen LogP contribution in [-0.4, -0.2) is 83.6 Å². The van der Waals surface area contributed by atoms with Crippen molar-refractivity contribution in [1.29, 1.82) is 5.41 Å². The second-order valence-corrected chi connectivity index (χ2v) is 23.5. The topological polar surface area (TPSA) is 251 Å². The number of carbonyl (C=O) groups excluding carboxylic acids is 2. The monoisotopic (exact) mass is 1300 g/mol. The van der Waals surface area contributed by atoms with E-state index >= 15 is 0 Å². The molecule has 0 spiro atoms. The molecule has 472 valence electrons. The summed E-state index contributed by atoms with van der Waals surface area (Å²) in [7, 11) is 1.30. The first-order valence-corrected chi connectivity index (χ1v) is 30.8. The molecule has 7 N–H and O–H groups in total. The number of nitrogen functional groups attached to an aromatic ring is 1. The molecule has 18 nitrogen and oxygen atoms in total. The van der Waals surface area contributed by atoms with E-state index < -0.39 is 53.8 Å². The molecule has 11 rings (SSSR count). The number of halogens is 2. The fourth-order valence-corrected chi connectivity index (χ4v) is 12.9. The molecule has 1 unspecified atom stereocenters. The van der Waals surface area contributed by atoms with Gasteiger partial charge >= 0.3 is 5.97 Å². The Morgan fingerprint density at radius 2 is 1.00 bits per heavy atom. The lowest BCUT2D eigenvalue weighted by Gasteiger charge is -2.35. The molecule has 2 aliphatic rings. The number of anilines is 2. The van der Waals surface area contributed by atoms with E-state index in [1.807, 2.05) is 196 Å². The van der Waals surface area contributed by atoms with Crippen LogP contribution in [-0.2, 0) is 87.1 Å². The Bertz CT molecular complexity index is 3730. The Morgan fingerprint density at radius 1 is 0.633 bits per heavy atom. The number of amidine groups is 1. The first-order chi connectivity index (χ1) is 43.3. The lowest BCUT2D eigenvalue weighted by Crippen LogP contribution is -2.47. The lowest BCUT2D eigenvalue weighted by molar-refractivity contribution is -0.147. The normalized spacial score (nSPS) is 20.8. The molecule has 2 saturated heterocycles. The number of nitrogens with zero attached hydrogens (tertiary/aromatic N) is 1. The number of hydrogen-bond acceptors (Lipinski definition) is 17. The molecular weight excluding hydrogens is 1230 g/mol. The van der Waals surface area contributed by atoms with Gasteiger partial charge in [0.05, 0.1) is 91.9 Å². The summed E-state index contributed by atoms with van der Waals surface area (Å²) in [6.45, 7) is 6.68. The summed E-state index contributed by atoms with van der Waals surface area (Å²) >= 11 is 7.34. The molecule has 0 saturated carbocycles. The van der Waals surface area contributed by atoms with Crippen LogP contribution >= 0.6 is 46.7 Å². The number of hydrogen-bond donors (Lipinski definition) is 5. The number of benzene rings is 6. The van der Waals surface area contributed by atoms with Gasteiger partial charge in [-0.25, -0.2) is 9.78 Å². The molecular formula is C68H72Cl2N6O12S2. The summed E-state index contributed by atoms with van der Waals surface area (Å²) in [6.07, 6.45) is -2.80. The number of aromatic amines is 1. The summed E-state index contributed by atoms with van der Waals surface area (Å²) in [5.41, 5.74) is 15.4. The second kappa shape index (κ2) is 33.4. The van der Waals surface area contributed by atoms with Crippen LogP contribution in [0.25, 0.3) is 10.9 Å². The minimum atomic E-state index is -1.04. The number of rotatable bonds is 25. The Balaban J connectivity index is 0.000000217. The lowest BCUT2D eigenvalue weighted by atomic mass is 9.90. The smallest absolute Gasteiger partial charge is 0.340 e. The highest BCUT2D eigenvalue weighted by atomic mass is 35.5. The maximum atomic E-state index is 12.7. The summed E-state index contributed by atoms with van der Waals surface area (Å²) in [6, 6.07) is 59.7. The van der Waals surface area contributed by atoms with E-state index in [9.17, 15) is 14.4 Å². The molecule has 0 aliphatic carbocycles. The first-order valence-electron chi connectivity index (χ1n) is 28.6. The molecule has 2 aliphatic heterocycles. The summed E-state index contributed by atoms with van der Waals surface area (Å²) in [4.78, 5) is 45.4. The van der Waals surface area contributed by atoms with Crippen LogP contribution in [0, 0.1) is 5.41 Å². The number of amides is 1. The van der Waals surface area contributed by atoms with Crippen molar-refractivity contribution in [1.82, 2.24) is 9.97 Å². The second-order valence-electron chi connectivity index (χ2n) is 21.3. The van der Waals surface area contributed by atoms with E-state index in [4.69, 9.17) is 53.8 Å². The highest BCUT2D eigenvalue weighted by Gasteiger charge is 2.59.